The standard InChI is InChI=1S/C24H18Cl2N2O2S/c1-14-8-10-17(12-15(14)2)27-21-22(31-18-6-4-3-5-7-18)24(30)28(23(21)29)20-11-9-16(25)13-19(20)26/h3-13,27H,1-2H3. The number of benzene rings is 3. The molecule has 0 radical (unpaired) electrons. The topological polar surface area (TPSA) is 49.4 Å². The van der Waals surface area contributed by atoms with Crippen LogP contribution in [0.1, 0.15) is 11.1 Å². The number of nitrogens with one attached hydrogen (secondary N) is 1. The monoisotopic (exact) mass is 468 g/mol. The minimum absolute atomic E-state index is 0.216. The molecule has 0 spiro atoms. The van der Waals surface area contributed by atoms with E-state index in [1.165, 1.54) is 17.8 Å². The second-order valence-electron chi connectivity index (χ2n) is 7.08. The van der Waals surface area contributed by atoms with Gasteiger partial charge in [0.05, 0.1) is 10.7 Å². The molecule has 3 aromatic rings. The van der Waals surface area contributed by atoms with E-state index < -0.39 is 11.8 Å². The maximum absolute atomic E-state index is 13.4. The smallest absolute Gasteiger partial charge is 0.283 e. The molecule has 7 heteroatoms. The highest BCUT2D eigenvalue weighted by Crippen LogP contribution is 2.40. The Hall–Kier alpha value is -2.73. The van der Waals surface area contributed by atoms with Crippen molar-refractivity contribution in [2.24, 2.45) is 0 Å². The van der Waals surface area contributed by atoms with Gasteiger partial charge in [-0.15, -0.1) is 0 Å². The molecule has 1 aliphatic rings. The van der Waals surface area contributed by atoms with E-state index in [9.17, 15) is 9.59 Å². The van der Waals surface area contributed by atoms with E-state index in [4.69, 9.17) is 23.2 Å². The molecule has 31 heavy (non-hydrogen) atoms. The van der Waals surface area contributed by atoms with Crippen LogP contribution in [0.2, 0.25) is 10.0 Å². The van der Waals surface area contributed by atoms with E-state index in [0.29, 0.717) is 15.6 Å². The number of carbonyl (C=O) groups is 2. The van der Waals surface area contributed by atoms with Crippen molar-refractivity contribution in [1.82, 2.24) is 0 Å². The van der Waals surface area contributed by atoms with Crippen LogP contribution in [0.25, 0.3) is 0 Å². The van der Waals surface area contributed by atoms with E-state index in [0.717, 1.165) is 26.6 Å². The van der Waals surface area contributed by atoms with Gasteiger partial charge in [-0.25, -0.2) is 4.90 Å². The maximum atomic E-state index is 13.4. The van der Waals surface area contributed by atoms with Crippen LogP contribution < -0.4 is 10.2 Å². The number of halogens is 2. The molecule has 1 aliphatic heterocycles. The number of carbonyl (C=O) groups excluding carboxylic acids is 2. The van der Waals surface area contributed by atoms with Gasteiger partial charge in [0.2, 0.25) is 0 Å². The van der Waals surface area contributed by atoms with Crippen molar-refractivity contribution < 1.29 is 9.59 Å². The quantitative estimate of drug-likeness (QED) is 0.428. The Labute approximate surface area is 194 Å². The zero-order chi connectivity index (χ0) is 22.1. The van der Waals surface area contributed by atoms with Gasteiger partial charge in [0, 0.05) is 15.6 Å². The molecule has 0 aromatic heterocycles. The number of thioether (sulfide) groups is 1. The number of nitrogens with zero attached hydrogens (tertiary/aromatic N) is 1. The first-order valence-electron chi connectivity index (χ1n) is 9.50. The third-order valence-corrected chi connectivity index (χ3v) is 6.56. The normalized spacial score (nSPS) is 13.9. The van der Waals surface area contributed by atoms with Gasteiger partial charge in [-0.05, 0) is 67.4 Å². The zero-order valence-corrected chi connectivity index (χ0v) is 19.1. The molecular formula is C24H18Cl2N2O2S. The van der Waals surface area contributed by atoms with Crippen molar-refractivity contribution in [3.63, 3.8) is 0 Å². The molecule has 0 fully saturated rings. The number of anilines is 2. The van der Waals surface area contributed by atoms with Gasteiger partial charge in [-0.2, -0.15) is 0 Å². The van der Waals surface area contributed by atoms with Crippen molar-refractivity contribution in [1.29, 1.82) is 0 Å². The summed E-state index contributed by atoms with van der Waals surface area (Å²) in [6.07, 6.45) is 0. The summed E-state index contributed by atoms with van der Waals surface area (Å²) < 4.78 is 0. The summed E-state index contributed by atoms with van der Waals surface area (Å²) in [6.45, 7) is 4.01. The van der Waals surface area contributed by atoms with Gasteiger partial charge in [0.1, 0.15) is 10.6 Å². The van der Waals surface area contributed by atoms with E-state index in [-0.39, 0.29) is 10.7 Å². The van der Waals surface area contributed by atoms with Crippen LogP contribution in [0.15, 0.2) is 82.2 Å². The summed E-state index contributed by atoms with van der Waals surface area (Å²) >= 11 is 13.6. The molecule has 0 atom stereocenters. The van der Waals surface area contributed by atoms with E-state index >= 15 is 0 Å². The molecule has 0 saturated carbocycles. The molecule has 4 rings (SSSR count). The van der Waals surface area contributed by atoms with Gasteiger partial charge in [-0.3, -0.25) is 9.59 Å². The third kappa shape index (κ3) is 4.35. The summed E-state index contributed by atoms with van der Waals surface area (Å²) in [5, 5.41) is 3.82. The van der Waals surface area contributed by atoms with Crippen molar-refractivity contribution >= 4 is 58.2 Å². The van der Waals surface area contributed by atoms with Gasteiger partial charge < -0.3 is 5.32 Å². The van der Waals surface area contributed by atoms with Crippen molar-refractivity contribution in [2.75, 3.05) is 10.2 Å². The Bertz CT molecular complexity index is 1230. The molecule has 4 nitrogen and oxygen atoms in total. The maximum Gasteiger partial charge on any atom is 0.283 e. The van der Waals surface area contributed by atoms with Crippen LogP contribution in [-0.2, 0) is 9.59 Å². The van der Waals surface area contributed by atoms with Crippen molar-refractivity contribution in [3.05, 3.63) is 98.5 Å². The van der Waals surface area contributed by atoms with Crippen molar-refractivity contribution in [3.8, 4) is 0 Å². The van der Waals surface area contributed by atoms with Gasteiger partial charge in [0.15, 0.2) is 0 Å². The summed E-state index contributed by atoms with van der Waals surface area (Å²) in [7, 11) is 0. The summed E-state index contributed by atoms with van der Waals surface area (Å²) in [4.78, 5) is 29.0. The van der Waals surface area contributed by atoms with Crippen LogP contribution in [0.3, 0.4) is 0 Å². The average Bonchev–Trinajstić information content (AvgIpc) is 2.96. The summed E-state index contributed by atoms with van der Waals surface area (Å²) in [6, 6.07) is 19.9. The summed E-state index contributed by atoms with van der Waals surface area (Å²) in [5.41, 5.74) is 3.46. The highest BCUT2D eigenvalue weighted by atomic mass is 35.5. The molecule has 1 heterocycles. The highest BCUT2D eigenvalue weighted by molar-refractivity contribution is 8.04. The molecule has 156 valence electrons. The van der Waals surface area contributed by atoms with Crippen LogP contribution in [0.5, 0.6) is 0 Å². The number of hydrogen-bond acceptors (Lipinski definition) is 4. The van der Waals surface area contributed by atoms with Crippen molar-refractivity contribution in [2.45, 2.75) is 18.7 Å². The SMILES string of the molecule is Cc1ccc(NC2=C(Sc3ccccc3)C(=O)N(c3ccc(Cl)cc3Cl)C2=O)cc1C. The second kappa shape index (κ2) is 8.79. The molecule has 0 saturated heterocycles. The third-order valence-electron chi connectivity index (χ3n) is 4.93. The van der Waals surface area contributed by atoms with Crippen LogP contribution in [0.4, 0.5) is 11.4 Å². The van der Waals surface area contributed by atoms with E-state index in [2.05, 4.69) is 5.32 Å². The van der Waals surface area contributed by atoms with E-state index in [1.54, 1.807) is 12.1 Å². The number of rotatable bonds is 5. The van der Waals surface area contributed by atoms with Gasteiger partial charge >= 0.3 is 0 Å². The first-order chi connectivity index (χ1) is 14.8. The number of hydrogen-bond donors (Lipinski definition) is 1. The number of amides is 2. The van der Waals surface area contributed by atoms with Gasteiger partial charge in [-0.1, -0.05) is 59.2 Å². The Morgan fingerprint density at radius 3 is 2.26 bits per heavy atom. The first-order valence-corrected chi connectivity index (χ1v) is 11.1. The summed E-state index contributed by atoms with van der Waals surface area (Å²) in [5.74, 6) is -0.903. The molecular weight excluding hydrogens is 451 g/mol. The Kier molecular flexibility index (Phi) is 6.10. The lowest BCUT2D eigenvalue weighted by molar-refractivity contribution is -0.120. The number of aryl methyl sites for hydroxylation is 2. The molecule has 0 aliphatic carbocycles. The highest BCUT2D eigenvalue weighted by Gasteiger charge is 2.41. The van der Waals surface area contributed by atoms with Gasteiger partial charge in [0.25, 0.3) is 11.8 Å². The molecule has 0 unspecified atom stereocenters. The lowest BCUT2D eigenvalue weighted by Crippen LogP contribution is -2.32. The lowest BCUT2D eigenvalue weighted by atomic mass is 10.1. The molecule has 2 amide bonds. The molecule has 1 N–H and O–H groups in total. The fourth-order valence-electron chi connectivity index (χ4n) is 3.17. The van der Waals surface area contributed by atoms with Crippen LogP contribution in [0, 0.1) is 13.8 Å². The Balaban J connectivity index is 1.77. The average molecular weight is 469 g/mol. The Morgan fingerprint density at radius 2 is 1.58 bits per heavy atom. The predicted octanol–water partition coefficient (Wildman–Crippen LogP) is 6.60. The zero-order valence-electron chi connectivity index (χ0n) is 16.8. The predicted molar refractivity (Wildman–Crippen MR) is 128 cm³/mol. The van der Waals surface area contributed by atoms with Crippen LogP contribution >= 0.6 is 35.0 Å². The fraction of sp³-hybridized carbons (Fsp3) is 0.0833. The largest absolute Gasteiger partial charge is 0.350 e. The Morgan fingerprint density at radius 1 is 0.839 bits per heavy atom. The first kappa shape index (κ1) is 21.5. The minimum atomic E-state index is -0.467. The van der Waals surface area contributed by atoms with Crippen LogP contribution in [-0.4, -0.2) is 11.8 Å². The molecule has 0 bridgehead atoms. The fourth-order valence-corrected chi connectivity index (χ4v) is 4.61. The second-order valence-corrected chi connectivity index (χ2v) is 9.01. The van der Waals surface area contributed by atoms with E-state index in [1.807, 2.05) is 62.4 Å². The number of imide groups is 1. The minimum Gasteiger partial charge on any atom is -0.350 e. The lowest BCUT2D eigenvalue weighted by Gasteiger charge is -2.17. The molecule has 3 aromatic carbocycles.